The molecule has 0 aliphatic heterocycles. The minimum atomic E-state index is -0.209. The first kappa shape index (κ1) is 13.1. The summed E-state index contributed by atoms with van der Waals surface area (Å²) in [5, 5.41) is 13.3. The van der Waals surface area contributed by atoms with Gasteiger partial charge in [0.25, 0.3) is 0 Å². The van der Waals surface area contributed by atoms with Crippen molar-refractivity contribution in [2.75, 3.05) is 23.8 Å². The van der Waals surface area contributed by atoms with Gasteiger partial charge in [0.2, 0.25) is 0 Å². The normalized spacial score (nSPS) is 23.7. The highest BCUT2D eigenvalue weighted by Crippen LogP contribution is 2.27. The van der Waals surface area contributed by atoms with Crippen LogP contribution in [0.15, 0.2) is 18.3 Å². The number of aliphatic hydroxyl groups excluding tert-OH is 1. The van der Waals surface area contributed by atoms with Gasteiger partial charge in [0.15, 0.2) is 0 Å². The van der Waals surface area contributed by atoms with Crippen LogP contribution in [0.25, 0.3) is 0 Å². The average molecular weight is 249 g/mol. The van der Waals surface area contributed by atoms with Crippen LogP contribution in [0.2, 0.25) is 0 Å². The van der Waals surface area contributed by atoms with Gasteiger partial charge in [0, 0.05) is 31.5 Å². The molecule has 0 spiro atoms. The van der Waals surface area contributed by atoms with Crippen LogP contribution < -0.4 is 10.2 Å². The zero-order chi connectivity index (χ0) is 13.0. The second-order valence-corrected chi connectivity index (χ2v) is 4.96. The molecule has 2 atom stereocenters. The molecule has 0 aromatic carbocycles. The standard InChI is InChI=1S/C14H23N3O/c1-3-15-14-10-11(8-9-16-14)17(2)12-6-4-5-7-13(12)18/h8-10,12-13,18H,3-7H2,1-2H3,(H,15,16). The fourth-order valence-electron chi connectivity index (χ4n) is 2.65. The Balaban J connectivity index is 2.11. The summed E-state index contributed by atoms with van der Waals surface area (Å²) in [7, 11) is 2.06. The summed E-state index contributed by atoms with van der Waals surface area (Å²) in [4.78, 5) is 6.46. The number of likely N-dealkylation sites (N-methyl/N-ethyl adjacent to an activating group) is 1. The van der Waals surface area contributed by atoms with E-state index in [1.807, 2.05) is 18.3 Å². The van der Waals surface area contributed by atoms with Crippen LogP contribution in [-0.2, 0) is 0 Å². The molecule has 2 unspecified atom stereocenters. The molecule has 1 aromatic heterocycles. The Hall–Kier alpha value is -1.29. The lowest BCUT2D eigenvalue weighted by Crippen LogP contribution is -2.43. The third-order valence-corrected chi connectivity index (χ3v) is 3.70. The van der Waals surface area contributed by atoms with Crippen molar-refractivity contribution < 1.29 is 5.11 Å². The van der Waals surface area contributed by atoms with E-state index in [4.69, 9.17) is 0 Å². The van der Waals surface area contributed by atoms with E-state index in [-0.39, 0.29) is 12.1 Å². The molecule has 0 saturated heterocycles. The summed E-state index contributed by atoms with van der Waals surface area (Å²) in [6.45, 7) is 2.93. The Kier molecular flexibility index (Phi) is 4.42. The van der Waals surface area contributed by atoms with Gasteiger partial charge < -0.3 is 15.3 Å². The molecule has 1 aromatic rings. The molecule has 0 radical (unpaired) electrons. The van der Waals surface area contributed by atoms with E-state index >= 15 is 0 Å². The lowest BCUT2D eigenvalue weighted by molar-refractivity contribution is 0.106. The molecule has 1 saturated carbocycles. The fraction of sp³-hybridized carbons (Fsp3) is 0.643. The van der Waals surface area contributed by atoms with E-state index in [9.17, 15) is 5.11 Å². The van der Waals surface area contributed by atoms with E-state index in [2.05, 4.69) is 29.2 Å². The molecule has 100 valence electrons. The van der Waals surface area contributed by atoms with Gasteiger partial charge in [-0.1, -0.05) is 12.8 Å². The molecule has 1 heterocycles. The van der Waals surface area contributed by atoms with Gasteiger partial charge in [-0.3, -0.25) is 0 Å². The summed E-state index contributed by atoms with van der Waals surface area (Å²) in [5.74, 6) is 0.896. The first-order valence-electron chi connectivity index (χ1n) is 6.83. The first-order chi connectivity index (χ1) is 8.72. The van der Waals surface area contributed by atoms with Crippen LogP contribution in [0.5, 0.6) is 0 Å². The maximum absolute atomic E-state index is 10.1. The number of nitrogens with zero attached hydrogens (tertiary/aromatic N) is 2. The monoisotopic (exact) mass is 249 g/mol. The van der Waals surface area contributed by atoms with Gasteiger partial charge in [-0.05, 0) is 25.8 Å². The van der Waals surface area contributed by atoms with Crippen molar-refractivity contribution in [3.8, 4) is 0 Å². The van der Waals surface area contributed by atoms with Gasteiger partial charge >= 0.3 is 0 Å². The summed E-state index contributed by atoms with van der Waals surface area (Å²) < 4.78 is 0. The Morgan fingerprint density at radius 1 is 1.44 bits per heavy atom. The number of pyridine rings is 1. The number of anilines is 2. The van der Waals surface area contributed by atoms with E-state index in [0.29, 0.717) is 0 Å². The smallest absolute Gasteiger partial charge is 0.127 e. The van der Waals surface area contributed by atoms with Crippen molar-refractivity contribution in [3.63, 3.8) is 0 Å². The van der Waals surface area contributed by atoms with Crippen molar-refractivity contribution in [1.82, 2.24) is 4.98 Å². The molecule has 18 heavy (non-hydrogen) atoms. The fourth-order valence-corrected chi connectivity index (χ4v) is 2.65. The molecule has 0 bridgehead atoms. The highest BCUT2D eigenvalue weighted by atomic mass is 16.3. The van der Waals surface area contributed by atoms with Crippen LogP contribution in [0.4, 0.5) is 11.5 Å². The highest BCUT2D eigenvalue weighted by molar-refractivity contribution is 5.54. The van der Waals surface area contributed by atoms with E-state index in [0.717, 1.165) is 37.3 Å². The number of nitrogens with one attached hydrogen (secondary N) is 1. The van der Waals surface area contributed by atoms with E-state index in [1.54, 1.807) is 0 Å². The summed E-state index contributed by atoms with van der Waals surface area (Å²) in [6, 6.07) is 4.28. The van der Waals surface area contributed by atoms with Crippen molar-refractivity contribution in [2.24, 2.45) is 0 Å². The maximum Gasteiger partial charge on any atom is 0.127 e. The SMILES string of the molecule is CCNc1cc(N(C)C2CCCCC2O)ccn1. The molecular weight excluding hydrogens is 226 g/mol. The van der Waals surface area contributed by atoms with Crippen molar-refractivity contribution in [1.29, 1.82) is 0 Å². The second-order valence-electron chi connectivity index (χ2n) is 4.96. The van der Waals surface area contributed by atoms with Crippen molar-refractivity contribution >= 4 is 11.5 Å². The number of hydrogen-bond acceptors (Lipinski definition) is 4. The quantitative estimate of drug-likeness (QED) is 0.859. The van der Waals surface area contributed by atoms with Gasteiger partial charge in [-0.15, -0.1) is 0 Å². The van der Waals surface area contributed by atoms with Crippen LogP contribution in [0.3, 0.4) is 0 Å². The molecular formula is C14H23N3O. The predicted octanol–water partition coefficient (Wildman–Crippen LogP) is 2.25. The average Bonchev–Trinajstić information content (AvgIpc) is 2.39. The molecule has 0 amide bonds. The molecule has 1 aliphatic rings. The first-order valence-corrected chi connectivity index (χ1v) is 6.83. The van der Waals surface area contributed by atoms with Gasteiger partial charge in [0.1, 0.15) is 5.82 Å². The Morgan fingerprint density at radius 3 is 2.94 bits per heavy atom. The van der Waals surface area contributed by atoms with Crippen LogP contribution in [0.1, 0.15) is 32.6 Å². The van der Waals surface area contributed by atoms with Gasteiger partial charge in [-0.2, -0.15) is 0 Å². The number of aliphatic hydroxyl groups is 1. The lowest BCUT2D eigenvalue weighted by atomic mass is 9.91. The van der Waals surface area contributed by atoms with Crippen LogP contribution in [-0.4, -0.2) is 35.8 Å². The van der Waals surface area contributed by atoms with Crippen molar-refractivity contribution in [3.05, 3.63) is 18.3 Å². The number of aromatic nitrogens is 1. The molecule has 2 N–H and O–H groups in total. The zero-order valence-electron chi connectivity index (χ0n) is 11.3. The molecule has 4 heteroatoms. The number of rotatable bonds is 4. The highest BCUT2D eigenvalue weighted by Gasteiger charge is 2.26. The second kappa shape index (κ2) is 6.05. The predicted molar refractivity (Wildman–Crippen MR) is 75.1 cm³/mol. The topological polar surface area (TPSA) is 48.4 Å². The Morgan fingerprint density at radius 2 is 2.22 bits per heavy atom. The molecule has 4 nitrogen and oxygen atoms in total. The molecule has 1 aliphatic carbocycles. The van der Waals surface area contributed by atoms with E-state index < -0.39 is 0 Å². The third kappa shape index (κ3) is 2.93. The molecule has 1 fully saturated rings. The lowest BCUT2D eigenvalue weighted by Gasteiger charge is -2.36. The minimum Gasteiger partial charge on any atom is -0.391 e. The minimum absolute atomic E-state index is 0.209. The third-order valence-electron chi connectivity index (χ3n) is 3.70. The van der Waals surface area contributed by atoms with Gasteiger partial charge in [-0.25, -0.2) is 4.98 Å². The summed E-state index contributed by atoms with van der Waals surface area (Å²) in [5.41, 5.74) is 1.12. The Labute approximate surface area is 109 Å². The van der Waals surface area contributed by atoms with Gasteiger partial charge in [0.05, 0.1) is 12.1 Å². The summed E-state index contributed by atoms with van der Waals surface area (Å²) in [6.07, 6.45) is 5.94. The van der Waals surface area contributed by atoms with Crippen LogP contribution >= 0.6 is 0 Å². The van der Waals surface area contributed by atoms with Crippen molar-refractivity contribution in [2.45, 2.75) is 44.8 Å². The maximum atomic E-state index is 10.1. The Bertz CT molecular complexity index is 383. The zero-order valence-corrected chi connectivity index (χ0v) is 11.3. The summed E-state index contributed by atoms with van der Waals surface area (Å²) >= 11 is 0. The largest absolute Gasteiger partial charge is 0.391 e. The van der Waals surface area contributed by atoms with E-state index in [1.165, 1.54) is 6.42 Å². The molecule has 2 rings (SSSR count). The number of hydrogen-bond donors (Lipinski definition) is 2. The van der Waals surface area contributed by atoms with Crippen LogP contribution in [0, 0.1) is 0 Å².